The first-order valence-corrected chi connectivity index (χ1v) is 4.65. The smallest absolute Gasteiger partial charge is 0.247 e. The summed E-state index contributed by atoms with van der Waals surface area (Å²) in [6, 6.07) is 9.80. The summed E-state index contributed by atoms with van der Waals surface area (Å²) < 4.78 is 0. The molecule has 0 spiro atoms. The molecule has 1 heterocycles. The van der Waals surface area contributed by atoms with Crippen molar-refractivity contribution >= 4 is 11.6 Å². The molecule has 0 saturated heterocycles. The SMILES string of the molecule is CC1=NNC(=O)[C@H](c2ccccc2)C1. The first-order chi connectivity index (χ1) is 6.77. The topological polar surface area (TPSA) is 41.5 Å². The maximum Gasteiger partial charge on any atom is 0.247 e. The van der Waals surface area contributed by atoms with Gasteiger partial charge in [-0.1, -0.05) is 30.3 Å². The number of hydrazone groups is 1. The van der Waals surface area contributed by atoms with Crippen molar-refractivity contribution in [3.63, 3.8) is 0 Å². The molecule has 0 fully saturated rings. The minimum Gasteiger partial charge on any atom is -0.272 e. The molecule has 0 radical (unpaired) electrons. The standard InChI is InChI=1S/C11H12N2O/c1-8-7-10(11(14)13-12-8)9-5-3-2-4-6-9/h2-6,10H,7H2,1H3,(H,13,14)/t10-/m0/s1. The fourth-order valence-electron chi connectivity index (χ4n) is 1.62. The summed E-state index contributed by atoms with van der Waals surface area (Å²) in [7, 11) is 0. The minimum absolute atomic E-state index is 0.0122. The van der Waals surface area contributed by atoms with Crippen molar-refractivity contribution in [2.75, 3.05) is 0 Å². The Bertz CT molecular complexity index is 370. The highest BCUT2D eigenvalue weighted by Gasteiger charge is 2.24. The zero-order chi connectivity index (χ0) is 9.97. The quantitative estimate of drug-likeness (QED) is 0.715. The van der Waals surface area contributed by atoms with Gasteiger partial charge in [-0.3, -0.25) is 4.79 Å². The predicted molar refractivity (Wildman–Crippen MR) is 55.1 cm³/mol. The molecule has 3 nitrogen and oxygen atoms in total. The molecule has 1 atom stereocenters. The zero-order valence-corrected chi connectivity index (χ0v) is 8.03. The van der Waals surface area contributed by atoms with Crippen LogP contribution in [0.5, 0.6) is 0 Å². The fourth-order valence-corrected chi connectivity index (χ4v) is 1.62. The van der Waals surface area contributed by atoms with Crippen molar-refractivity contribution in [1.29, 1.82) is 0 Å². The lowest BCUT2D eigenvalue weighted by Crippen LogP contribution is -2.32. The number of nitrogens with one attached hydrogen (secondary N) is 1. The van der Waals surface area contributed by atoms with E-state index >= 15 is 0 Å². The van der Waals surface area contributed by atoms with Crippen molar-refractivity contribution in [2.45, 2.75) is 19.3 Å². The van der Waals surface area contributed by atoms with E-state index in [2.05, 4.69) is 10.5 Å². The third-order valence-electron chi connectivity index (χ3n) is 2.37. The Morgan fingerprint density at radius 3 is 2.79 bits per heavy atom. The molecule has 2 rings (SSSR count). The first kappa shape index (κ1) is 8.94. The molecule has 14 heavy (non-hydrogen) atoms. The van der Waals surface area contributed by atoms with E-state index in [1.54, 1.807) is 0 Å². The van der Waals surface area contributed by atoms with E-state index in [-0.39, 0.29) is 11.8 Å². The molecule has 3 heteroatoms. The largest absolute Gasteiger partial charge is 0.272 e. The Kier molecular flexibility index (Phi) is 2.31. The van der Waals surface area contributed by atoms with Gasteiger partial charge in [0, 0.05) is 12.1 Å². The molecule has 0 aliphatic carbocycles. The number of amides is 1. The van der Waals surface area contributed by atoms with Crippen molar-refractivity contribution in [3.05, 3.63) is 35.9 Å². The molecule has 0 aromatic heterocycles. The summed E-state index contributed by atoms with van der Waals surface area (Å²) in [5.74, 6) is -0.0875. The molecule has 1 amide bonds. The van der Waals surface area contributed by atoms with Crippen molar-refractivity contribution in [2.24, 2.45) is 5.10 Å². The highest BCUT2D eigenvalue weighted by Crippen LogP contribution is 2.22. The Hall–Kier alpha value is -1.64. The van der Waals surface area contributed by atoms with E-state index in [0.29, 0.717) is 0 Å². The number of hydrogen-bond donors (Lipinski definition) is 1. The van der Waals surface area contributed by atoms with Gasteiger partial charge >= 0.3 is 0 Å². The second-order valence-corrected chi connectivity index (χ2v) is 3.49. The monoisotopic (exact) mass is 188 g/mol. The molecule has 1 aromatic rings. The molecular weight excluding hydrogens is 176 g/mol. The van der Waals surface area contributed by atoms with Crippen LogP contribution >= 0.6 is 0 Å². The number of hydrogen-bond acceptors (Lipinski definition) is 2. The number of carbonyl (C=O) groups is 1. The van der Waals surface area contributed by atoms with Crippen LogP contribution in [0.4, 0.5) is 0 Å². The number of benzene rings is 1. The molecule has 1 aromatic carbocycles. The lowest BCUT2D eigenvalue weighted by Gasteiger charge is -2.19. The second-order valence-electron chi connectivity index (χ2n) is 3.49. The first-order valence-electron chi connectivity index (χ1n) is 4.65. The number of nitrogens with zero attached hydrogens (tertiary/aromatic N) is 1. The van der Waals surface area contributed by atoms with Gasteiger partial charge in [-0.2, -0.15) is 5.10 Å². The van der Waals surface area contributed by atoms with E-state index in [4.69, 9.17) is 0 Å². The van der Waals surface area contributed by atoms with Crippen LogP contribution in [0.1, 0.15) is 24.8 Å². The highest BCUT2D eigenvalue weighted by atomic mass is 16.2. The van der Waals surface area contributed by atoms with Crippen LogP contribution in [0.3, 0.4) is 0 Å². The molecule has 1 aliphatic rings. The average molecular weight is 188 g/mol. The van der Waals surface area contributed by atoms with Gasteiger partial charge in [-0.15, -0.1) is 0 Å². The minimum atomic E-state index is -0.0753. The second kappa shape index (κ2) is 3.62. The molecule has 72 valence electrons. The van der Waals surface area contributed by atoms with E-state index < -0.39 is 0 Å². The summed E-state index contributed by atoms with van der Waals surface area (Å²) in [4.78, 5) is 11.5. The normalized spacial score (nSPS) is 21.4. The van der Waals surface area contributed by atoms with Gasteiger partial charge in [-0.05, 0) is 12.5 Å². The Morgan fingerprint density at radius 1 is 1.36 bits per heavy atom. The molecule has 1 N–H and O–H groups in total. The maximum atomic E-state index is 11.5. The molecule has 0 saturated carbocycles. The number of rotatable bonds is 1. The molecule has 0 bridgehead atoms. The average Bonchev–Trinajstić information content (AvgIpc) is 2.23. The molecule has 0 unspecified atom stereocenters. The summed E-state index contributed by atoms with van der Waals surface area (Å²) in [6.07, 6.45) is 0.718. The lowest BCUT2D eigenvalue weighted by molar-refractivity contribution is -0.122. The van der Waals surface area contributed by atoms with Gasteiger partial charge in [0.2, 0.25) is 5.91 Å². The van der Waals surface area contributed by atoms with E-state index in [0.717, 1.165) is 17.7 Å². The Balaban J connectivity index is 2.27. The van der Waals surface area contributed by atoms with E-state index in [1.807, 2.05) is 37.3 Å². The Labute approximate surface area is 82.8 Å². The fraction of sp³-hybridized carbons (Fsp3) is 0.273. The van der Waals surface area contributed by atoms with Crippen LogP contribution in [0.15, 0.2) is 35.4 Å². The van der Waals surface area contributed by atoms with Crippen molar-refractivity contribution in [1.82, 2.24) is 5.43 Å². The molecular formula is C11H12N2O. The highest BCUT2D eigenvalue weighted by molar-refractivity contribution is 5.95. The number of carbonyl (C=O) groups excluding carboxylic acids is 1. The summed E-state index contributed by atoms with van der Waals surface area (Å²) >= 11 is 0. The van der Waals surface area contributed by atoms with Crippen molar-refractivity contribution in [3.8, 4) is 0 Å². The Morgan fingerprint density at radius 2 is 2.07 bits per heavy atom. The van der Waals surface area contributed by atoms with Gasteiger partial charge in [0.05, 0.1) is 5.92 Å². The van der Waals surface area contributed by atoms with Gasteiger partial charge in [0.1, 0.15) is 0 Å². The summed E-state index contributed by atoms with van der Waals surface area (Å²) in [5.41, 5.74) is 4.56. The van der Waals surface area contributed by atoms with Gasteiger partial charge in [-0.25, -0.2) is 5.43 Å². The van der Waals surface area contributed by atoms with E-state index in [1.165, 1.54) is 0 Å². The van der Waals surface area contributed by atoms with Crippen LogP contribution in [0, 0.1) is 0 Å². The van der Waals surface area contributed by atoms with Crippen molar-refractivity contribution < 1.29 is 4.79 Å². The van der Waals surface area contributed by atoms with E-state index in [9.17, 15) is 4.79 Å². The van der Waals surface area contributed by atoms with Crippen LogP contribution < -0.4 is 5.43 Å². The predicted octanol–water partition coefficient (Wildman–Crippen LogP) is 1.67. The lowest BCUT2D eigenvalue weighted by atomic mass is 9.92. The zero-order valence-electron chi connectivity index (χ0n) is 8.03. The summed E-state index contributed by atoms with van der Waals surface area (Å²) in [6.45, 7) is 1.93. The van der Waals surface area contributed by atoms with Crippen LogP contribution in [-0.2, 0) is 4.79 Å². The van der Waals surface area contributed by atoms with Gasteiger partial charge in [0.25, 0.3) is 0 Å². The molecule has 1 aliphatic heterocycles. The maximum absolute atomic E-state index is 11.5. The van der Waals surface area contributed by atoms with Gasteiger partial charge < -0.3 is 0 Å². The van der Waals surface area contributed by atoms with Crippen LogP contribution in [0.25, 0.3) is 0 Å². The third-order valence-corrected chi connectivity index (χ3v) is 2.37. The third kappa shape index (κ3) is 1.66. The van der Waals surface area contributed by atoms with Crippen LogP contribution in [0.2, 0.25) is 0 Å². The summed E-state index contributed by atoms with van der Waals surface area (Å²) in [5, 5.41) is 3.90. The van der Waals surface area contributed by atoms with Gasteiger partial charge in [0.15, 0.2) is 0 Å². The van der Waals surface area contributed by atoms with Crippen LogP contribution in [-0.4, -0.2) is 11.6 Å².